The van der Waals surface area contributed by atoms with Crippen LogP contribution in [0.5, 0.6) is 0 Å². The molecule has 4 atom stereocenters. The van der Waals surface area contributed by atoms with Gasteiger partial charge in [-0.25, -0.2) is 9.97 Å². The monoisotopic (exact) mass is 419 g/mol. The average Bonchev–Trinajstić information content (AvgIpc) is 3.26. The lowest BCUT2D eigenvalue weighted by atomic mass is 10.1. The molecule has 1 aromatic carbocycles. The number of rotatable bonds is 6. The van der Waals surface area contributed by atoms with Gasteiger partial charge in [-0.2, -0.15) is 11.8 Å². The van der Waals surface area contributed by atoms with Gasteiger partial charge >= 0.3 is 0 Å². The molecule has 1 saturated heterocycles. The minimum Gasteiger partial charge on any atom is -0.387 e. The van der Waals surface area contributed by atoms with Crippen molar-refractivity contribution in [2.75, 3.05) is 5.75 Å². The molecule has 0 unspecified atom stereocenters. The number of nitrogens with one attached hydrogen (secondary N) is 1. The number of hydrogen-bond acceptors (Lipinski definition) is 9. The summed E-state index contributed by atoms with van der Waals surface area (Å²) < 4.78 is 7.26. The summed E-state index contributed by atoms with van der Waals surface area (Å²) in [5.41, 5.74) is 0.892. The lowest BCUT2D eigenvalue weighted by molar-refractivity contribution is -0.384. The number of thioether (sulfide) groups is 1. The molecule has 0 saturated carbocycles. The van der Waals surface area contributed by atoms with Gasteiger partial charge in [0.1, 0.15) is 12.2 Å². The highest BCUT2D eigenvalue weighted by atomic mass is 32.2. The molecule has 1 aliphatic heterocycles. The first kappa shape index (κ1) is 19.5. The average molecular weight is 419 g/mol. The van der Waals surface area contributed by atoms with E-state index < -0.39 is 35.0 Å². The number of benzene rings is 1. The molecular formula is C17H17N5O6S. The zero-order valence-corrected chi connectivity index (χ0v) is 15.7. The number of imidazole rings is 1. The Morgan fingerprint density at radius 3 is 2.72 bits per heavy atom. The fraction of sp³-hybridized carbons (Fsp3) is 0.353. The Balaban J connectivity index is 1.41. The molecule has 3 heterocycles. The normalized spacial score (nSPS) is 24.2. The summed E-state index contributed by atoms with van der Waals surface area (Å²) in [4.78, 5) is 32.5. The van der Waals surface area contributed by atoms with E-state index >= 15 is 0 Å². The fourth-order valence-electron chi connectivity index (χ4n) is 3.15. The summed E-state index contributed by atoms with van der Waals surface area (Å²) in [6.45, 7) is 0. The van der Waals surface area contributed by atoms with Crippen LogP contribution in [0.25, 0.3) is 11.2 Å². The van der Waals surface area contributed by atoms with Crippen LogP contribution in [0, 0.1) is 10.1 Å². The number of fused-ring (bicyclic) bond motifs is 1. The number of ether oxygens (including phenoxy) is 1. The molecule has 3 N–H and O–H groups in total. The number of H-pyrrole nitrogens is 1. The Morgan fingerprint density at radius 2 is 2.00 bits per heavy atom. The van der Waals surface area contributed by atoms with E-state index in [4.69, 9.17) is 4.74 Å². The van der Waals surface area contributed by atoms with Crippen molar-refractivity contribution < 1.29 is 19.9 Å². The second-order valence-corrected chi connectivity index (χ2v) is 7.57. The molecule has 0 bridgehead atoms. The number of non-ortho nitro benzene ring substituents is 1. The van der Waals surface area contributed by atoms with Gasteiger partial charge in [0.05, 0.1) is 23.7 Å². The van der Waals surface area contributed by atoms with Gasteiger partial charge in [-0.3, -0.25) is 19.5 Å². The van der Waals surface area contributed by atoms with Crippen LogP contribution in [-0.2, 0) is 10.5 Å². The molecular weight excluding hydrogens is 402 g/mol. The second kappa shape index (κ2) is 7.91. The largest absolute Gasteiger partial charge is 0.387 e. The third kappa shape index (κ3) is 3.74. The van der Waals surface area contributed by atoms with Crippen LogP contribution in [0.2, 0.25) is 0 Å². The standard InChI is InChI=1S/C17H17N5O6S/c23-13-11(6-29-5-9-1-3-10(4-2-9)22(26)27)28-17(14(13)24)21-8-20-12-15(21)18-7-19-16(12)25/h1-4,7-8,11,13-14,17,23-24H,5-6H2,(H,18,19,25)/t11-,13-,14-,17-/m1/s1. The third-order valence-electron chi connectivity index (χ3n) is 4.67. The second-order valence-electron chi connectivity index (χ2n) is 6.54. The van der Waals surface area contributed by atoms with E-state index in [0.29, 0.717) is 11.5 Å². The molecule has 0 radical (unpaired) electrons. The van der Waals surface area contributed by atoms with E-state index in [1.165, 1.54) is 41.1 Å². The summed E-state index contributed by atoms with van der Waals surface area (Å²) in [7, 11) is 0. The molecule has 0 amide bonds. The Bertz CT molecular complexity index is 1080. The molecule has 29 heavy (non-hydrogen) atoms. The minimum atomic E-state index is -1.21. The summed E-state index contributed by atoms with van der Waals surface area (Å²) in [5, 5.41) is 31.5. The van der Waals surface area contributed by atoms with Gasteiger partial charge in [0.2, 0.25) is 0 Å². The number of aliphatic hydroxyl groups is 2. The summed E-state index contributed by atoms with van der Waals surface area (Å²) in [6.07, 6.45) is -1.31. The number of nitro groups is 1. The Hall–Kier alpha value is -2.80. The van der Waals surface area contributed by atoms with Gasteiger partial charge in [0.25, 0.3) is 11.2 Å². The van der Waals surface area contributed by atoms with Crippen molar-refractivity contribution >= 4 is 28.6 Å². The van der Waals surface area contributed by atoms with Crippen molar-refractivity contribution in [2.45, 2.75) is 30.3 Å². The van der Waals surface area contributed by atoms with E-state index in [1.807, 2.05) is 0 Å². The number of aliphatic hydroxyl groups excluding tert-OH is 2. The lowest BCUT2D eigenvalue weighted by Crippen LogP contribution is -2.32. The van der Waals surface area contributed by atoms with E-state index in [1.54, 1.807) is 12.1 Å². The highest BCUT2D eigenvalue weighted by molar-refractivity contribution is 7.98. The van der Waals surface area contributed by atoms with Gasteiger partial charge in [-0.15, -0.1) is 0 Å². The van der Waals surface area contributed by atoms with Gasteiger partial charge in [0, 0.05) is 23.6 Å². The van der Waals surface area contributed by atoms with Crippen LogP contribution in [-0.4, -0.2) is 58.7 Å². The van der Waals surface area contributed by atoms with Crippen LogP contribution in [0.3, 0.4) is 0 Å². The zero-order chi connectivity index (χ0) is 20.5. The zero-order valence-electron chi connectivity index (χ0n) is 14.9. The summed E-state index contributed by atoms with van der Waals surface area (Å²) in [6, 6.07) is 6.23. The molecule has 0 aliphatic carbocycles. The number of nitrogens with zero attached hydrogens (tertiary/aromatic N) is 4. The maximum Gasteiger partial charge on any atom is 0.278 e. The minimum absolute atomic E-state index is 0.0271. The van der Waals surface area contributed by atoms with Crippen molar-refractivity contribution in [1.82, 2.24) is 19.5 Å². The molecule has 1 fully saturated rings. The Labute approximate surface area is 167 Å². The van der Waals surface area contributed by atoms with Crippen molar-refractivity contribution in [2.24, 2.45) is 0 Å². The molecule has 4 rings (SSSR count). The van der Waals surface area contributed by atoms with Gasteiger partial charge in [-0.05, 0) is 5.56 Å². The molecule has 11 nitrogen and oxygen atoms in total. The van der Waals surface area contributed by atoms with Gasteiger partial charge in [-0.1, -0.05) is 12.1 Å². The molecule has 12 heteroatoms. The number of aromatic amines is 1. The Kier molecular flexibility index (Phi) is 5.32. The fourth-order valence-corrected chi connectivity index (χ4v) is 4.21. The topological polar surface area (TPSA) is 156 Å². The van der Waals surface area contributed by atoms with Gasteiger partial charge in [0.15, 0.2) is 17.4 Å². The molecule has 3 aromatic rings. The van der Waals surface area contributed by atoms with Crippen LogP contribution >= 0.6 is 11.8 Å². The smallest absolute Gasteiger partial charge is 0.278 e. The van der Waals surface area contributed by atoms with Crippen molar-refractivity contribution in [3.05, 3.63) is 63.0 Å². The first-order valence-electron chi connectivity index (χ1n) is 8.68. The number of aromatic nitrogens is 4. The quantitative estimate of drug-likeness (QED) is 0.384. The van der Waals surface area contributed by atoms with Crippen LogP contribution in [0.4, 0.5) is 5.69 Å². The SMILES string of the molecule is O=c1[nH]cnc2c1ncn2[C@@H]1O[C@H](CSCc2ccc([N+](=O)[O-])cc2)[C@@H](O)[C@H]1O. The summed E-state index contributed by atoms with van der Waals surface area (Å²) >= 11 is 1.47. The van der Waals surface area contributed by atoms with Crippen LogP contribution < -0.4 is 5.56 Å². The molecule has 0 spiro atoms. The van der Waals surface area contributed by atoms with Crippen LogP contribution in [0.1, 0.15) is 11.8 Å². The van der Waals surface area contributed by atoms with E-state index in [9.17, 15) is 25.1 Å². The maximum absolute atomic E-state index is 11.8. The van der Waals surface area contributed by atoms with E-state index in [-0.39, 0.29) is 16.9 Å². The Morgan fingerprint density at radius 1 is 1.24 bits per heavy atom. The number of hydrogen-bond donors (Lipinski definition) is 3. The molecule has 2 aromatic heterocycles. The first-order valence-corrected chi connectivity index (χ1v) is 9.84. The van der Waals surface area contributed by atoms with Crippen molar-refractivity contribution in [1.29, 1.82) is 0 Å². The third-order valence-corrected chi connectivity index (χ3v) is 5.78. The predicted molar refractivity (Wildman–Crippen MR) is 103 cm³/mol. The van der Waals surface area contributed by atoms with E-state index in [2.05, 4.69) is 15.0 Å². The predicted octanol–water partition coefficient (Wildman–Crippen LogP) is 0.580. The lowest BCUT2D eigenvalue weighted by Gasteiger charge is -2.16. The molecule has 1 aliphatic rings. The molecule has 152 valence electrons. The maximum atomic E-state index is 11.8. The highest BCUT2D eigenvalue weighted by Gasteiger charge is 2.44. The number of nitro benzene ring substituents is 1. The summed E-state index contributed by atoms with van der Waals surface area (Å²) in [5.74, 6) is 0.961. The van der Waals surface area contributed by atoms with Crippen LogP contribution in [0.15, 0.2) is 41.7 Å². The highest BCUT2D eigenvalue weighted by Crippen LogP contribution is 2.33. The van der Waals surface area contributed by atoms with E-state index in [0.717, 1.165) is 5.56 Å². The van der Waals surface area contributed by atoms with Crippen molar-refractivity contribution in [3.63, 3.8) is 0 Å². The first-order chi connectivity index (χ1) is 14.0. The van der Waals surface area contributed by atoms with Gasteiger partial charge < -0.3 is 19.9 Å². The van der Waals surface area contributed by atoms with Crippen molar-refractivity contribution in [3.8, 4) is 0 Å².